The highest BCUT2D eigenvalue weighted by atomic mass is 32.2. The Morgan fingerprint density at radius 1 is 1.21 bits per heavy atom. The van der Waals surface area contributed by atoms with Crippen LogP contribution in [0.2, 0.25) is 0 Å². The standard InChI is InChI=1S/C20H29N3OS.CH2N2/c1-20(2,23(3)4)11-12-25-22-19(24)21-18-16-9-5-7-14(16)13-15-8-6-10-17(15)18;2-1-3/h11-13H,5-10H2,1-4H3,(H2,21,22,24);2H2/b12-11+;. The second-order valence-electron chi connectivity index (χ2n) is 7.89. The number of urea groups is 1. The Balaban J connectivity index is 0.000000878. The first-order valence-corrected chi connectivity index (χ1v) is 10.5. The molecule has 6 nitrogen and oxygen atoms in total. The number of nitrogens with zero attached hydrogens (tertiary/aromatic N) is 2. The zero-order chi connectivity index (χ0) is 20.7. The molecule has 0 fully saturated rings. The van der Waals surface area contributed by atoms with Gasteiger partial charge in [-0.25, -0.2) is 4.79 Å². The van der Waals surface area contributed by atoms with Crippen LogP contribution >= 0.6 is 11.9 Å². The average Bonchev–Trinajstić information content (AvgIpc) is 3.28. The quantitative estimate of drug-likeness (QED) is 0.397. The van der Waals surface area contributed by atoms with Gasteiger partial charge in [-0.2, -0.15) is 5.26 Å². The zero-order valence-corrected chi connectivity index (χ0v) is 18.1. The Hall–Kier alpha value is -2.17. The van der Waals surface area contributed by atoms with Crippen LogP contribution in [-0.4, -0.2) is 30.6 Å². The molecule has 0 heterocycles. The molecule has 0 atom stereocenters. The van der Waals surface area contributed by atoms with Crippen molar-refractivity contribution >= 4 is 23.7 Å². The summed E-state index contributed by atoms with van der Waals surface area (Å²) in [5.41, 5.74) is 10.8. The summed E-state index contributed by atoms with van der Waals surface area (Å²) in [5, 5.41) is 12.2. The van der Waals surface area contributed by atoms with E-state index in [9.17, 15) is 4.79 Å². The maximum Gasteiger partial charge on any atom is 0.329 e. The summed E-state index contributed by atoms with van der Waals surface area (Å²) in [7, 11) is 4.09. The minimum atomic E-state index is -0.133. The first kappa shape index (κ1) is 22.1. The van der Waals surface area contributed by atoms with Gasteiger partial charge in [0.25, 0.3) is 0 Å². The summed E-state index contributed by atoms with van der Waals surface area (Å²) in [6.45, 7) is 4.28. The Morgan fingerprint density at radius 2 is 1.75 bits per heavy atom. The number of nitriles is 1. The molecule has 0 spiro atoms. The third-order valence-electron chi connectivity index (χ3n) is 5.56. The highest BCUT2D eigenvalue weighted by Gasteiger charge is 2.24. The summed E-state index contributed by atoms with van der Waals surface area (Å²) in [6, 6.07) is 2.25. The van der Waals surface area contributed by atoms with Crippen LogP contribution in [0.4, 0.5) is 10.5 Å². The Bertz CT molecular complexity index is 748. The maximum atomic E-state index is 12.4. The lowest BCUT2D eigenvalue weighted by Crippen LogP contribution is -2.35. The lowest BCUT2D eigenvalue weighted by molar-refractivity contribution is 0.252. The molecule has 1 aromatic carbocycles. The van der Waals surface area contributed by atoms with Crippen molar-refractivity contribution in [1.82, 2.24) is 9.62 Å². The molecular formula is C21H31N5OS. The van der Waals surface area contributed by atoms with Crippen molar-refractivity contribution in [3.63, 3.8) is 0 Å². The molecule has 152 valence electrons. The van der Waals surface area contributed by atoms with Gasteiger partial charge in [0.2, 0.25) is 0 Å². The number of anilines is 1. The number of carbonyl (C=O) groups is 1. The van der Waals surface area contributed by atoms with Crippen LogP contribution in [0.1, 0.15) is 48.9 Å². The van der Waals surface area contributed by atoms with E-state index in [-0.39, 0.29) is 11.6 Å². The second kappa shape index (κ2) is 9.85. The largest absolute Gasteiger partial charge is 0.337 e. The van der Waals surface area contributed by atoms with E-state index in [0.29, 0.717) is 0 Å². The fourth-order valence-electron chi connectivity index (χ4n) is 3.54. The van der Waals surface area contributed by atoms with E-state index in [1.807, 2.05) is 19.5 Å². The number of likely N-dealkylation sites (N-methyl/N-ethyl adjacent to an activating group) is 1. The monoisotopic (exact) mass is 401 g/mol. The predicted octanol–water partition coefficient (Wildman–Crippen LogP) is 3.71. The second-order valence-corrected chi connectivity index (χ2v) is 8.60. The van der Waals surface area contributed by atoms with E-state index in [0.717, 1.165) is 31.4 Å². The van der Waals surface area contributed by atoms with Gasteiger partial charge in [0.1, 0.15) is 0 Å². The molecule has 0 saturated heterocycles. The average molecular weight is 402 g/mol. The van der Waals surface area contributed by atoms with Gasteiger partial charge in [0, 0.05) is 11.2 Å². The molecule has 0 unspecified atom stereocenters. The van der Waals surface area contributed by atoms with Gasteiger partial charge in [-0.1, -0.05) is 12.1 Å². The third-order valence-corrected chi connectivity index (χ3v) is 6.14. The minimum Gasteiger partial charge on any atom is -0.337 e. The lowest BCUT2D eigenvalue weighted by Gasteiger charge is -2.28. The zero-order valence-electron chi connectivity index (χ0n) is 17.3. The molecular weight excluding hydrogens is 370 g/mol. The van der Waals surface area contributed by atoms with Crippen molar-refractivity contribution in [1.29, 1.82) is 5.26 Å². The molecule has 2 aliphatic rings. The van der Waals surface area contributed by atoms with Crippen molar-refractivity contribution in [3.05, 3.63) is 39.8 Å². The van der Waals surface area contributed by atoms with Crippen LogP contribution in [0.25, 0.3) is 0 Å². The lowest BCUT2D eigenvalue weighted by atomic mass is 9.99. The summed E-state index contributed by atoms with van der Waals surface area (Å²) in [4.78, 5) is 14.5. The van der Waals surface area contributed by atoms with Crippen LogP contribution in [0, 0.1) is 11.5 Å². The van der Waals surface area contributed by atoms with Crippen LogP contribution < -0.4 is 15.8 Å². The summed E-state index contributed by atoms with van der Waals surface area (Å²) >= 11 is 1.32. The normalized spacial score (nSPS) is 14.9. The van der Waals surface area contributed by atoms with Gasteiger partial charge >= 0.3 is 6.03 Å². The molecule has 4 N–H and O–H groups in total. The number of benzene rings is 1. The molecule has 2 amide bonds. The summed E-state index contributed by atoms with van der Waals surface area (Å²) < 4.78 is 2.89. The Labute approximate surface area is 172 Å². The van der Waals surface area contributed by atoms with Crippen molar-refractivity contribution in [3.8, 4) is 6.19 Å². The van der Waals surface area contributed by atoms with Gasteiger partial charge in [0.15, 0.2) is 6.19 Å². The fourth-order valence-corrected chi connectivity index (χ4v) is 4.17. The highest BCUT2D eigenvalue weighted by Crippen LogP contribution is 2.38. The predicted molar refractivity (Wildman–Crippen MR) is 117 cm³/mol. The molecule has 1 aromatic rings. The van der Waals surface area contributed by atoms with Gasteiger partial charge < -0.3 is 16.0 Å². The number of rotatable bonds is 5. The Kier molecular flexibility index (Phi) is 7.78. The first-order valence-electron chi connectivity index (χ1n) is 9.64. The number of hydrogen-bond acceptors (Lipinski definition) is 5. The van der Waals surface area contributed by atoms with E-state index in [2.05, 4.69) is 46.7 Å². The van der Waals surface area contributed by atoms with Crippen LogP contribution in [0.3, 0.4) is 0 Å². The van der Waals surface area contributed by atoms with E-state index < -0.39 is 0 Å². The Morgan fingerprint density at radius 3 is 2.25 bits per heavy atom. The molecule has 0 radical (unpaired) electrons. The van der Waals surface area contributed by atoms with E-state index in [4.69, 9.17) is 5.26 Å². The first-order chi connectivity index (χ1) is 13.3. The molecule has 0 aliphatic heterocycles. The topological polar surface area (TPSA) is 94.2 Å². The minimum absolute atomic E-state index is 0.0355. The van der Waals surface area contributed by atoms with E-state index >= 15 is 0 Å². The maximum absolute atomic E-state index is 12.4. The van der Waals surface area contributed by atoms with Crippen molar-refractivity contribution in [2.45, 2.75) is 57.9 Å². The number of hydrogen-bond donors (Lipinski definition) is 3. The smallest absolute Gasteiger partial charge is 0.329 e. The molecule has 0 aromatic heterocycles. The summed E-state index contributed by atoms with van der Waals surface area (Å²) in [6.07, 6.45) is 10.2. The van der Waals surface area contributed by atoms with Gasteiger partial charge in [-0.15, -0.1) is 0 Å². The molecule has 2 aliphatic carbocycles. The SMILES string of the molecule is CN(C)C(C)(C)/C=C/SNC(=O)Nc1c2c(cc3c1CCC3)CCC2.N#CN. The summed E-state index contributed by atoms with van der Waals surface area (Å²) in [5.74, 6) is 0. The van der Waals surface area contributed by atoms with Crippen LogP contribution in [0.15, 0.2) is 17.6 Å². The van der Waals surface area contributed by atoms with Gasteiger partial charge in [-0.05, 0) is 106 Å². The molecule has 7 heteroatoms. The van der Waals surface area contributed by atoms with Gasteiger partial charge in [0.05, 0.1) is 0 Å². The van der Waals surface area contributed by atoms with Crippen molar-refractivity contribution in [2.75, 3.05) is 19.4 Å². The molecule has 28 heavy (non-hydrogen) atoms. The fraction of sp³-hybridized carbons (Fsp3) is 0.524. The number of nitrogens with one attached hydrogen (secondary N) is 2. The van der Waals surface area contributed by atoms with Crippen LogP contribution in [-0.2, 0) is 25.7 Å². The highest BCUT2D eigenvalue weighted by molar-refractivity contribution is 8.00. The van der Waals surface area contributed by atoms with E-state index in [1.165, 1.54) is 53.2 Å². The van der Waals surface area contributed by atoms with E-state index in [1.54, 1.807) is 0 Å². The molecule has 0 saturated carbocycles. The van der Waals surface area contributed by atoms with Crippen molar-refractivity contribution in [2.24, 2.45) is 5.73 Å². The number of aryl methyl sites for hydroxylation is 2. The van der Waals surface area contributed by atoms with Gasteiger partial charge in [-0.3, -0.25) is 4.72 Å². The number of fused-ring (bicyclic) bond motifs is 2. The van der Waals surface area contributed by atoms with Crippen LogP contribution in [0.5, 0.6) is 0 Å². The van der Waals surface area contributed by atoms with Crippen molar-refractivity contribution < 1.29 is 4.79 Å². The number of carbonyl (C=O) groups excluding carboxylic acids is 1. The number of nitrogens with two attached hydrogens (primary N) is 1. The number of amides is 2. The molecule has 0 bridgehead atoms. The third kappa shape index (κ3) is 5.43. The molecule has 3 rings (SSSR count).